The fourth-order valence-corrected chi connectivity index (χ4v) is 0. The molecule has 0 spiro atoms. The van der Waals surface area contributed by atoms with Crippen molar-refractivity contribution in [1.82, 2.24) is 0 Å². The first-order chi connectivity index (χ1) is 0. The Labute approximate surface area is 66.4 Å². The number of hydrogen-bond donors (Lipinski definition) is 0. The quantitative estimate of drug-likeness (QED) is 0.468. The van der Waals surface area contributed by atoms with Crippen LogP contribution in [0.5, 0.6) is 0 Å². The standard InChI is InChI=1S/Cr.Nb.H2O.Ti/h;;1H2;. The summed E-state index contributed by atoms with van der Waals surface area (Å²) < 4.78 is 0. The topological polar surface area (TPSA) is 31.5 Å². The molecule has 0 heterocycles. The molecule has 0 aliphatic rings. The molecule has 1 radical (unpaired) electrons. The van der Waals surface area contributed by atoms with E-state index in [0.717, 1.165) is 0 Å². The van der Waals surface area contributed by atoms with E-state index in [4.69, 9.17) is 0 Å². The minimum atomic E-state index is 0. The molecule has 0 atom stereocenters. The fourth-order valence-electron chi connectivity index (χ4n) is 0. The van der Waals surface area contributed by atoms with Gasteiger partial charge in [0, 0.05) is 61.5 Å². The second-order valence-electron chi connectivity index (χ2n) is 0. The van der Waals surface area contributed by atoms with Crippen LogP contribution in [-0.4, -0.2) is 5.48 Å². The minimum Gasteiger partial charge on any atom is -0.412 e. The van der Waals surface area contributed by atoms with Crippen LogP contribution in [-0.2, 0) is 61.5 Å². The molecule has 4 heteroatoms. The molecule has 4 heavy (non-hydrogen) atoms. The predicted octanol–water partition coefficient (Wildman–Crippen LogP) is -0.832. The van der Waals surface area contributed by atoms with Crippen molar-refractivity contribution in [3.05, 3.63) is 0 Å². The smallest absolute Gasteiger partial charge is 0 e. The molecular formula is H2CrNbOTi. The Morgan fingerprint density at radius 3 is 1.00 bits per heavy atom. The van der Waals surface area contributed by atoms with Crippen molar-refractivity contribution in [1.29, 1.82) is 0 Å². The average Bonchev–Trinajstić information content (AvgIpc) is 0. The van der Waals surface area contributed by atoms with Crippen molar-refractivity contribution in [2.45, 2.75) is 0 Å². The summed E-state index contributed by atoms with van der Waals surface area (Å²) in [6.07, 6.45) is 0. The summed E-state index contributed by atoms with van der Waals surface area (Å²) in [7, 11) is 0. The average molecular weight is 211 g/mol. The zero-order valence-electron chi connectivity index (χ0n) is 1.86. The van der Waals surface area contributed by atoms with Crippen molar-refractivity contribution in [3.63, 3.8) is 0 Å². The molecule has 0 saturated heterocycles. The van der Waals surface area contributed by atoms with Gasteiger partial charge in [-0.25, -0.2) is 0 Å². The van der Waals surface area contributed by atoms with Crippen molar-refractivity contribution in [2.75, 3.05) is 0 Å². The Bertz CT molecular complexity index is 8.00. The molecule has 0 fully saturated rings. The molecule has 0 bridgehead atoms. The molecule has 0 aliphatic carbocycles. The maximum atomic E-state index is 0. The first kappa shape index (κ1) is 38.4. The predicted molar refractivity (Wildman–Crippen MR) is 3.61 cm³/mol. The van der Waals surface area contributed by atoms with E-state index in [1.165, 1.54) is 0 Å². The van der Waals surface area contributed by atoms with Gasteiger partial charge in [-0.15, -0.1) is 0 Å². The monoisotopic (exact) mass is 211 g/mol. The molecule has 0 aromatic heterocycles. The van der Waals surface area contributed by atoms with E-state index < -0.39 is 0 Å². The summed E-state index contributed by atoms with van der Waals surface area (Å²) in [5.41, 5.74) is 0. The van der Waals surface area contributed by atoms with Crippen LogP contribution < -0.4 is 0 Å². The van der Waals surface area contributed by atoms with Crippen LogP contribution in [0.4, 0.5) is 0 Å². The molecule has 0 saturated carbocycles. The van der Waals surface area contributed by atoms with Gasteiger partial charge >= 0.3 is 0 Å². The maximum Gasteiger partial charge on any atom is 0 e. The van der Waals surface area contributed by atoms with Gasteiger partial charge in [-0.05, 0) is 0 Å². The fraction of sp³-hybridized carbons (Fsp3) is 0. The van der Waals surface area contributed by atoms with Gasteiger partial charge in [-0.3, -0.25) is 0 Å². The first-order valence-corrected chi connectivity index (χ1v) is 0. The maximum absolute atomic E-state index is 0. The second-order valence-corrected chi connectivity index (χ2v) is 0. The summed E-state index contributed by atoms with van der Waals surface area (Å²) in [5, 5.41) is 0. The minimum absolute atomic E-state index is 0. The largest absolute Gasteiger partial charge is 0.412 e. The second kappa shape index (κ2) is 20.3. The third kappa shape index (κ3) is 9.04. The normalized spacial score (nSPS) is 0. The van der Waals surface area contributed by atoms with Crippen LogP contribution in [0.1, 0.15) is 0 Å². The van der Waals surface area contributed by atoms with Crippen LogP contribution in [0.15, 0.2) is 0 Å². The summed E-state index contributed by atoms with van der Waals surface area (Å²) in [4.78, 5) is 0. The molecule has 1 nitrogen and oxygen atoms in total. The zero-order valence-corrected chi connectivity index (χ0v) is 6.89. The Kier molecular flexibility index (Phi) is 195. The van der Waals surface area contributed by atoms with E-state index in [1.807, 2.05) is 0 Å². The van der Waals surface area contributed by atoms with Crippen LogP contribution >= 0.6 is 0 Å². The molecular weight excluding hydrogens is 209 g/mol. The van der Waals surface area contributed by atoms with E-state index >= 15 is 0 Å². The summed E-state index contributed by atoms with van der Waals surface area (Å²) in [6.45, 7) is 0. The van der Waals surface area contributed by atoms with Gasteiger partial charge < -0.3 is 5.48 Å². The van der Waals surface area contributed by atoms with Gasteiger partial charge in [-0.1, -0.05) is 0 Å². The molecule has 0 aromatic rings. The van der Waals surface area contributed by atoms with Gasteiger partial charge in [-0.2, -0.15) is 0 Å². The van der Waals surface area contributed by atoms with Gasteiger partial charge in [0.25, 0.3) is 0 Å². The van der Waals surface area contributed by atoms with Gasteiger partial charge in [0.05, 0.1) is 0 Å². The summed E-state index contributed by atoms with van der Waals surface area (Å²) in [6, 6.07) is 0. The van der Waals surface area contributed by atoms with E-state index in [0.29, 0.717) is 0 Å². The summed E-state index contributed by atoms with van der Waals surface area (Å²) >= 11 is 0. The Morgan fingerprint density at radius 1 is 1.00 bits per heavy atom. The van der Waals surface area contributed by atoms with Gasteiger partial charge in [0.15, 0.2) is 0 Å². The number of hydrogen-bond acceptors (Lipinski definition) is 0. The molecule has 2 N–H and O–H groups in total. The number of rotatable bonds is 0. The molecule has 0 aromatic carbocycles. The van der Waals surface area contributed by atoms with E-state index in [9.17, 15) is 0 Å². The molecule has 0 aliphatic heterocycles. The van der Waals surface area contributed by atoms with E-state index in [-0.39, 0.29) is 66.9 Å². The van der Waals surface area contributed by atoms with Crippen LogP contribution in [0.25, 0.3) is 0 Å². The van der Waals surface area contributed by atoms with Crippen molar-refractivity contribution >= 4 is 0 Å². The third-order valence-electron chi connectivity index (χ3n) is 0. The van der Waals surface area contributed by atoms with Crippen LogP contribution in [0.2, 0.25) is 0 Å². The van der Waals surface area contributed by atoms with E-state index in [1.54, 1.807) is 0 Å². The molecule has 0 unspecified atom stereocenters. The van der Waals surface area contributed by atoms with Crippen molar-refractivity contribution < 1.29 is 66.9 Å². The van der Waals surface area contributed by atoms with Gasteiger partial charge in [0.2, 0.25) is 0 Å². The molecule has 23 valence electrons. The molecule has 0 rings (SSSR count). The Hall–Kier alpha value is 1.95. The SMILES string of the molecule is O.[Cr].[Nb].[Ti]. The Morgan fingerprint density at radius 2 is 1.00 bits per heavy atom. The van der Waals surface area contributed by atoms with E-state index in [2.05, 4.69) is 0 Å². The summed E-state index contributed by atoms with van der Waals surface area (Å²) in [5.74, 6) is 0. The zero-order chi connectivity index (χ0) is 0. The first-order valence-electron chi connectivity index (χ1n) is 0. The van der Waals surface area contributed by atoms with Crippen LogP contribution in [0, 0.1) is 0 Å². The van der Waals surface area contributed by atoms with Crippen molar-refractivity contribution in [2.24, 2.45) is 0 Å². The third-order valence-corrected chi connectivity index (χ3v) is 0. The van der Waals surface area contributed by atoms with Crippen LogP contribution in [0.3, 0.4) is 0 Å². The molecule has 0 amide bonds. The Balaban J connectivity index is 0. The van der Waals surface area contributed by atoms with Gasteiger partial charge in [0.1, 0.15) is 0 Å². The van der Waals surface area contributed by atoms with Crippen molar-refractivity contribution in [3.8, 4) is 0 Å².